The summed E-state index contributed by atoms with van der Waals surface area (Å²) in [6, 6.07) is 14.0. The molecule has 5 heteroatoms. The summed E-state index contributed by atoms with van der Waals surface area (Å²) in [5.41, 5.74) is 1.56. The van der Waals surface area contributed by atoms with Gasteiger partial charge in [0.2, 0.25) is 0 Å². The third-order valence-corrected chi connectivity index (χ3v) is 7.89. The molecule has 3 rings (SSSR count). The Bertz CT molecular complexity index is 986. The highest BCUT2D eigenvalue weighted by Crippen LogP contribution is 2.43. The summed E-state index contributed by atoms with van der Waals surface area (Å²) in [5.74, 6) is 1.03. The first-order valence-electron chi connectivity index (χ1n) is 14.9. The molecule has 1 aliphatic carbocycles. The molecule has 1 fully saturated rings. The fourth-order valence-electron chi connectivity index (χ4n) is 5.32. The molecule has 0 N–H and O–H groups in total. The van der Waals surface area contributed by atoms with Crippen LogP contribution in [0.2, 0.25) is 0 Å². The molecule has 38 heavy (non-hydrogen) atoms. The van der Waals surface area contributed by atoms with Gasteiger partial charge in [-0.1, -0.05) is 71.6 Å². The first-order valence-corrected chi connectivity index (χ1v) is 14.9. The molecule has 0 unspecified atom stereocenters. The van der Waals surface area contributed by atoms with E-state index in [1.165, 1.54) is 51.4 Å². The molecule has 0 bridgehead atoms. The van der Waals surface area contributed by atoms with E-state index >= 15 is 0 Å². The van der Waals surface area contributed by atoms with E-state index in [0.717, 1.165) is 68.6 Å². The SMILES string of the molecule is CCCCCCCC[C@]1(C#N)CC[C@H](C(=O)Oc2ccc(-c3ccc(OCCCCCC)cn3)cc2)CC1. The lowest BCUT2D eigenvalue weighted by Gasteiger charge is -2.34. The fraction of sp³-hybridized carbons (Fsp3) is 0.606. The lowest BCUT2D eigenvalue weighted by molar-refractivity contribution is -0.140. The molecule has 0 aliphatic heterocycles. The number of unbranched alkanes of at least 4 members (excludes halogenated alkanes) is 8. The molecule has 1 heterocycles. The van der Waals surface area contributed by atoms with Crippen LogP contribution in [0.1, 0.15) is 110 Å². The lowest BCUT2D eigenvalue weighted by atomic mass is 9.69. The van der Waals surface area contributed by atoms with E-state index in [1.54, 1.807) is 6.20 Å². The molecule has 5 nitrogen and oxygen atoms in total. The molecule has 1 saturated carbocycles. The van der Waals surface area contributed by atoms with Gasteiger partial charge in [0, 0.05) is 5.56 Å². The third kappa shape index (κ3) is 9.46. The minimum Gasteiger partial charge on any atom is -0.492 e. The Balaban J connectivity index is 1.42. The summed E-state index contributed by atoms with van der Waals surface area (Å²) in [4.78, 5) is 17.4. The number of ether oxygens (including phenoxy) is 2. The maximum absolute atomic E-state index is 12.8. The van der Waals surface area contributed by atoms with Gasteiger partial charge in [0.1, 0.15) is 11.5 Å². The third-order valence-electron chi connectivity index (χ3n) is 7.89. The van der Waals surface area contributed by atoms with Gasteiger partial charge in [-0.25, -0.2) is 0 Å². The number of aromatic nitrogens is 1. The van der Waals surface area contributed by atoms with Gasteiger partial charge < -0.3 is 9.47 Å². The molecular formula is C33H46N2O3. The number of hydrogen-bond donors (Lipinski definition) is 0. The van der Waals surface area contributed by atoms with Gasteiger partial charge in [-0.2, -0.15) is 5.26 Å². The first kappa shape index (κ1) is 29.7. The minimum atomic E-state index is -0.258. The molecule has 0 radical (unpaired) electrons. The van der Waals surface area contributed by atoms with Crippen LogP contribution in [0.15, 0.2) is 42.6 Å². The van der Waals surface area contributed by atoms with Crippen molar-refractivity contribution in [3.05, 3.63) is 42.6 Å². The average molecular weight is 519 g/mol. The number of carbonyl (C=O) groups is 1. The summed E-state index contributed by atoms with van der Waals surface area (Å²) in [6.45, 7) is 5.15. The van der Waals surface area contributed by atoms with Gasteiger partial charge in [0.05, 0.1) is 35.9 Å². The zero-order chi connectivity index (χ0) is 27.1. The van der Waals surface area contributed by atoms with Crippen molar-refractivity contribution >= 4 is 5.97 Å². The largest absolute Gasteiger partial charge is 0.492 e. The predicted octanol–water partition coefficient (Wildman–Crippen LogP) is 9.06. The van der Waals surface area contributed by atoms with Crippen LogP contribution in [-0.4, -0.2) is 17.6 Å². The highest BCUT2D eigenvalue weighted by atomic mass is 16.5. The molecule has 1 aliphatic rings. The number of hydrogen-bond acceptors (Lipinski definition) is 5. The Morgan fingerprint density at radius 1 is 0.895 bits per heavy atom. The number of nitrogens with zero attached hydrogens (tertiary/aromatic N) is 2. The van der Waals surface area contributed by atoms with E-state index in [9.17, 15) is 10.1 Å². The van der Waals surface area contributed by atoms with Gasteiger partial charge >= 0.3 is 5.97 Å². The Morgan fingerprint density at radius 3 is 2.16 bits per heavy atom. The van der Waals surface area contributed by atoms with Crippen molar-refractivity contribution in [1.82, 2.24) is 4.98 Å². The van der Waals surface area contributed by atoms with E-state index < -0.39 is 0 Å². The average Bonchev–Trinajstić information content (AvgIpc) is 2.96. The molecule has 0 saturated heterocycles. The number of benzene rings is 1. The second-order valence-corrected chi connectivity index (χ2v) is 10.9. The van der Waals surface area contributed by atoms with E-state index in [0.29, 0.717) is 5.75 Å². The zero-order valence-corrected chi connectivity index (χ0v) is 23.6. The molecule has 0 spiro atoms. The van der Waals surface area contributed by atoms with Crippen LogP contribution in [0.4, 0.5) is 0 Å². The second-order valence-electron chi connectivity index (χ2n) is 10.9. The topological polar surface area (TPSA) is 72.2 Å². The summed E-state index contributed by atoms with van der Waals surface area (Å²) >= 11 is 0. The highest BCUT2D eigenvalue weighted by Gasteiger charge is 2.37. The van der Waals surface area contributed by atoms with Gasteiger partial charge in [0.15, 0.2) is 0 Å². The summed E-state index contributed by atoms with van der Waals surface area (Å²) in [5, 5.41) is 9.87. The van der Waals surface area contributed by atoms with Crippen LogP contribution in [-0.2, 0) is 4.79 Å². The molecule has 0 atom stereocenters. The number of esters is 1. The number of rotatable bonds is 16. The molecule has 206 valence electrons. The maximum atomic E-state index is 12.8. The quantitative estimate of drug-likeness (QED) is 0.126. The van der Waals surface area contributed by atoms with E-state index in [1.807, 2.05) is 36.4 Å². The summed E-state index contributed by atoms with van der Waals surface area (Å²) < 4.78 is 11.5. The van der Waals surface area contributed by atoms with Crippen LogP contribution < -0.4 is 9.47 Å². The number of carbonyl (C=O) groups excluding carboxylic acids is 1. The number of nitriles is 1. The van der Waals surface area contributed by atoms with E-state index in [4.69, 9.17) is 9.47 Å². The van der Waals surface area contributed by atoms with Gasteiger partial charge in [-0.3, -0.25) is 9.78 Å². The second kappa shape index (κ2) is 16.2. The van der Waals surface area contributed by atoms with Crippen LogP contribution in [0.5, 0.6) is 11.5 Å². The van der Waals surface area contributed by atoms with Crippen molar-refractivity contribution in [2.24, 2.45) is 11.3 Å². The normalized spacial score (nSPS) is 19.0. The summed E-state index contributed by atoms with van der Waals surface area (Å²) in [6.07, 6.45) is 17.9. The minimum absolute atomic E-state index is 0.128. The van der Waals surface area contributed by atoms with Crippen LogP contribution in [0.3, 0.4) is 0 Å². The Hall–Kier alpha value is -2.87. The fourth-order valence-corrected chi connectivity index (χ4v) is 5.32. The van der Waals surface area contributed by atoms with Crippen molar-refractivity contribution in [2.75, 3.05) is 6.61 Å². The van der Waals surface area contributed by atoms with Crippen molar-refractivity contribution in [1.29, 1.82) is 5.26 Å². The van der Waals surface area contributed by atoms with Crippen LogP contribution >= 0.6 is 0 Å². The van der Waals surface area contributed by atoms with Gasteiger partial charge in [-0.05, 0) is 74.9 Å². The molecule has 1 aromatic carbocycles. The predicted molar refractivity (Wildman–Crippen MR) is 153 cm³/mol. The van der Waals surface area contributed by atoms with Crippen molar-refractivity contribution < 1.29 is 14.3 Å². The first-order chi connectivity index (χ1) is 18.6. The van der Waals surface area contributed by atoms with Gasteiger partial charge in [-0.15, -0.1) is 0 Å². The van der Waals surface area contributed by atoms with Crippen LogP contribution in [0.25, 0.3) is 11.3 Å². The molecule has 0 amide bonds. The van der Waals surface area contributed by atoms with Crippen molar-refractivity contribution in [3.63, 3.8) is 0 Å². The Morgan fingerprint density at radius 2 is 1.53 bits per heavy atom. The summed E-state index contributed by atoms with van der Waals surface area (Å²) in [7, 11) is 0. The molecule has 2 aromatic rings. The smallest absolute Gasteiger partial charge is 0.314 e. The molecule has 1 aromatic heterocycles. The van der Waals surface area contributed by atoms with Crippen molar-refractivity contribution in [3.8, 4) is 28.8 Å². The Kier molecular flexibility index (Phi) is 12.6. The highest BCUT2D eigenvalue weighted by molar-refractivity contribution is 5.75. The van der Waals surface area contributed by atoms with E-state index in [2.05, 4.69) is 24.9 Å². The zero-order valence-electron chi connectivity index (χ0n) is 23.6. The monoisotopic (exact) mass is 518 g/mol. The maximum Gasteiger partial charge on any atom is 0.314 e. The number of pyridine rings is 1. The van der Waals surface area contributed by atoms with Crippen LogP contribution in [0, 0.1) is 22.7 Å². The lowest BCUT2D eigenvalue weighted by Crippen LogP contribution is -2.31. The Labute approximate surface area is 230 Å². The van der Waals surface area contributed by atoms with Crippen molar-refractivity contribution in [2.45, 2.75) is 110 Å². The van der Waals surface area contributed by atoms with E-state index in [-0.39, 0.29) is 17.3 Å². The van der Waals surface area contributed by atoms with Gasteiger partial charge in [0.25, 0.3) is 0 Å². The standard InChI is InChI=1S/C33H46N2O3/c1-3-5-7-9-10-11-21-33(26-34)22-19-28(20-23-33)32(36)38-29-15-13-27(14-16-29)31-18-17-30(25-35-31)37-24-12-8-6-4-2/h13-18,25,28H,3-12,19-24H2,1-2H3/t28-,33-. The molecular weight excluding hydrogens is 472 g/mol.